The van der Waals surface area contributed by atoms with Crippen molar-refractivity contribution in [2.75, 3.05) is 44.8 Å². The number of thiazole rings is 1. The van der Waals surface area contributed by atoms with Crippen molar-refractivity contribution in [1.82, 2.24) is 34.5 Å². The van der Waals surface area contributed by atoms with Gasteiger partial charge < -0.3 is 20.9 Å². The minimum Gasteiger partial charge on any atom is -0.383 e. The Labute approximate surface area is 228 Å². The second-order valence-electron chi connectivity index (χ2n) is 9.91. The van der Waals surface area contributed by atoms with E-state index in [1.807, 2.05) is 52.8 Å². The number of fused-ring (bicyclic) bond motifs is 2. The number of carbonyl (C=O) groups is 1. The zero-order valence-corrected chi connectivity index (χ0v) is 22.5. The first-order valence-electron chi connectivity index (χ1n) is 12.7. The Morgan fingerprint density at radius 2 is 1.97 bits per heavy atom. The van der Waals surface area contributed by atoms with Crippen molar-refractivity contribution in [3.8, 4) is 11.3 Å². The van der Waals surface area contributed by atoms with Gasteiger partial charge in [-0.05, 0) is 51.2 Å². The Kier molecular flexibility index (Phi) is 6.57. The summed E-state index contributed by atoms with van der Waals surface area (Å²) in [5.74, 6) is -0.0272. The number of halogens is 1. The maximum absolute atomic E-state index is 15.3. The number of nitrogen functional groups attached to an aromatic ring is 1. The van der Waals surface area contributed by atoms with E-state index in [9.17, 15) is 4.79 Å². The molecule has 0 aliphatic carbocycles. The van der Waals surface area contributed by atoms with Gasteiger partial charge in [0.2, 0.25) is 5.91 Å². The van der Waals surface area contributed by atoms with Crippen LogP contribution in [0.15, 0.2) is 48.8 Å². The van der Waals surface area contributed by atoms with E-state index in [2.05, 4.69) is 20.3 Å². The van der Waals surface area contributed by atoms with Crippen LogP contribution in [0.2, 0.25) is 0 Å². The molecular weight excluding hydrogens is 517 g/mol. The number of carbonyl (C=O) groups excluding carboxylic acids is 1. The number of anilines is 3. The Balaban J connectivity index is 1.28. The Morgan fingerprint density at radius 1 is 1.18 bits per heavy atom. The van der Waals surface area contributed by atoms with Crippen molar-refractivity contribution in [3.63, 3.8) is 0 Å². The molecule has 200 valence electrons. The van der Waals surface area contributed by atoms with Gasteiger partial charge in [0.1, 0.15) is 23.7 Å². The van der Waals surface area contributed by atoms with Crippen LogP contribution in [0.1, 0.15) is 18.9 Å². The van der Waals surface area contributed by atoms with Crippen molar-refractivity contribution >= 4 is 55.1 Å². The molecule has 0 spiro atoms. The summed E-state index contributed by atoms with van der Waals surface area (Å²) in [4.78, 5) is 29.5. The lowest BCUT2D eigenvalue weighted by Gasteiger charge is -2.32. The lowest BCUT2D eigenvalue weighted by atomic mass is 10.1. The molecule has 1 aliphatic rings. The number of amides is 1. The molecule has 4 heterocycles. The van der Waals surface area contributed by atoms with E-state index in [4.69, 9.17) is 10.8 Å². The van der Waals surface area contributed by atoms with Crippen LogP contribution in [0, 0.1) is 5.82 Å². The van der Waals surface area contributed by atoms with Crippen LogP contribution in [0.3, 0.4) is 0 Å². The summed E-state index contributed by atoms with van der Waals surface area (Å²) in [5, 5.41) is 9.17. The number of likely N-dealkylation sites (tertiary alicyclic amines) is 1. The number of piperidine rings is 1. The SMILES string of the molecule is CN(C)CC(=O)N1CCC(n2nc(-c3ccc(Nc4nc5ccccc5s4)c(F)c3)c3c(N)ncnc32)CC1. The van der Waals surface area contributed by atoms with Gasteiger partial charge in [0, 0.05) is 18.7 Å². The van der Waals surface area contributed by atoms with Crippen LogP contribution < -0.4 is 11.1 Å². The zero-order valence-electron chi connectivity index (χ0n) is 21.6. The fourth-order valence-electron chi connectivity index (χ4n) is 4.99. The molecule has 2 aromatic carbocycles. The van der Waals surface area contributed by atoms with Gasteiger partial charge in [0.25, 0.3) is 0 Å². The van der Waals surface area contributed by atoms with Crippen molar-refractivity contribution in [2.45, 2.75) is 18.9 Å². The lowest BCUT2D eigenvalue weighted by Crippen LogP contribution is -2.43. The van der Waals surface area contributed by atoms with Crippen molar-refractivity contribution in [3.05, 3.63) is 54.6 Å². The highest BCUT2D eigenvalue weighted by molar-refractivity contribution is 7.22. The van der Waals surface area contributed by atoms with Crippen LogP contribution in [0.5, 0.6) is 0 Å². The number of nitrogens with zero attached hydrogens (tertiary/aromatic N) is 7. The fraction of sp³-hybridized carbons (Fsp3) is 0.296. The van der Waals surface area contributed by atoms with Crippen molar-refractivity contribution in [1.29, 1.82) is 0 Å². The van der Waals surface area contributed by atoms with Crippen LogP contribution in [-0.4, -0.2) is 74.2 Å². The van der Waals surface area contributed by atoms with Crippen LogP contribution in [0.25, 0.3) is 32.5 Å². The molecule has 0 unspecified atom stereocenters. The Hall–Kier alpha value is -4.16. The molecule has 1 aliphatic heterocycles. The maximum Gasteiger partial charge on any atom is 0.236 e. The van der Waals surface area contributed by atoms with E-state index >= 15 is 4.39 Å². The molecule has 0 atom stereocenters. The summed E-state index contributed by atoms with van der Waals surface area (Å²) in [5.41, 5.74) is 9.17. The summed E-state index contributed by atoms with van der Waals surface area (Å²) < 4.78 is 18.2. The van der Waals surface area contributed by atoms with E-state index in [0.29, 0.717) is 52.7 Å². The first-order valence-corrected chi connectivity index (χ1v) is 13.5. The number of aromatic nitrogens is 5. The van der Waals surface area contributed by atoms with Crippen LogP contribution in [-0.2, 0) is 4.79 Å². The molecule has 5 aromatic rings. The first kappa shape index (κ1) is 25.1. The van der Waals surface area contributed by atoms with E-state index in [-0.39, 0.29) is 17.8 Å². The molecule has 0 radical (unpaired) electrons. The molecular formula is C27H28FN9OS. The third kappa shape index (κ3) is 4.88. The Bertz CT molecular complexity index is 1640. The number of hydrogen-bond donors (Lipinski definition) is 2. The standard InChI is InChI=1S/C27H28FN9OS/c1-35(2)14-22(38)36-11-9-17(10-12-36)37-26-23(25(29)30-15-31-26)24(34-37)16-7-8-19(18(28)13-16)32-27-33-20-5-3-4-6-21(20)39-27/h3-8,13,15,17H,9-12,14H2,1-2H3,(H,32,33)(H2,29,30,31). The first-order chi connectivity index (χ1) is 18.9. The van der Waals surface area contributed by atoms with Gasteiger partial charge in [-0.15, -0.1) is 0 Å². The molecule has 3 N–H and O–H groups in total. The average molecular weight is 546 g/mol. The highest BCUT2D eigenvalue weighted by Gasteiger charge is 2.28. The smallest absolute Gasteiger partial charge is 0.236 e. The topological polar surface area (TPSA) is 118 Å². The third-order valence-electron chi connectivity index (χ3n) is 6.91. The van der Waals surface area contributed by atoms with E-state index in [1.54, 1.807) is 12.1 Å². The summed E-state index contributed by atoms with van der Waals surface area (Å²) in [6, 6.07) is 12.7. The number of nitrogens with two attached hydrogens (primary N) is 1. The molecule has 12 heteroatoms. The number of likely N-dealkylation sites (N-methyl/N-ethyl adjacent to an activating group) is 1. The molecule has 3 aromatic heterocycles. The summed E-state index contributed by atoms with van der Waals surface area (Å²) in [7, 11) is 3.77. The normalized spacial score (nSPS) is 14.5. The van der Waals surface area contributed by atoms with Gasteiger partial charge in [-0.25, -0.2) is 24.0 Å². The molecule has 6 rings (SSSR count). The fourth-order valence-corrected chi connectivity index (χ4v) is 5.87. The highest BCUT2D eigenvalue weighted by atomic mass is 32.1. The van der Waals surface area contributed by atoms with Gasteiger partial charge in [-0.3, -0.25) is 4.79 Å². The minimum atomic E-state index is -0.433. The number of nitrogens with one attached hydrogen (secondary N) is 1. The molecule has 0 bridgehead atoms. The average Bonchev–Trinajstić information content (AvgIpc) is 3.52. The number of hydrogen-bond acceptors (Lipinski definition) is 9. The van der Waals surface area contributed by atoms with Crippen LogP contribution >= 0.6 is 11.3 Å². The maximum atomic E-state index is 15.3. The van der Waals surface area contributed by atoms with Crippen LogP contribution in [0.4, 0.5) is 21.0 Å². The number of para-hydroxylation sites is 1. The Morgan fingerprint density at radius 3 is 2.72 bits per heavy atom. The van der Waals surface area contributed by atoms with E-state index in [1.165, 1.54) is 23.7 Å². The second kappa shape index (κ2) is 10.2. The number of benzene rings is 2. The molecule has 10 nitrogen and oxygen atoms in total. The van der Waals surface area contributed by atoms with Gasteiger partial charge in [0.05, 0.1) is 33.9 Å². The third-order valence-corrected chi connectivity index (χ3v) is 7.86. The van der Waals surface area contributed by atoms with Gasteiger partial charge in [-0.2, -0.15) is 5.10 Å². The lowest BCUT2D eigenvalue weighted by molar-refractivity contribution is -0.133. The predicted octanol–water partition coefficient (Wildman–Crippen LogP) is 4.29. The van der Waals surface area contributed by atoms with Gasteiger partial charge in [-0.1, -0.05) is 29.5 Å². The molecule has 1 fully saturated rings. The number of rotatable bonds is 6. The quantitative estimate of drug-likeness (QED) is 0.324. The summed E-state index contributed by atoms with van der Waals surface area (Å²) >= 11 is 1.46. The second-order valence-corrected chi connectivity index (χ2v) is 10.9. The van der Waals surface area contributed by atoms with E-state index < -0.39 is 5.82 Å². The molecule has 39 heavy (non-hydrogen) atoms. The minimum absolute atomic E-state index is 0.0313. The zero-order chi connectivity index (χ0) is 27.1. The molecule has 0 saturated carbocycles. The summed E-state index contributed by atoms with van der Waals surface area (Å²) in [6.07, 6.45) is 2.89. The largest absolute Gasteiger partial charge is 0.383 e. The van der Waals surface area contributed by atoms with E-state index in [0.717, 1.165) is 23.1 Å². The molecule has 1 saturated heterocycles. The van der Waals surface area contributed by atoms with Crippen molar-refractivity contribution in [2.24, 2.45) is 0 Å². The highest BCUT2D eigenvalue weighted by Crippen LogP contribution is 2.36. The van der Waals surface area contributed by atoms with Crippen molar-refractivity contribution < 1.29 is 9.18 Å². The monoisotopic (exact) mass is 545 g/mol. The predicted molar refractivity (Wildman–Crippen MR) is 151 cm³/mol. The molecule has 1 amide bonds. The van der Waals surface area contributed by atoms with Gasteiger partial charge in [0.15, 0.2) is 10.8 Å². The van der Waals surface area contributed by atoms with Gasteiger partial charge >= 0.3 is 0 Å². The summed E-state index contributed by atoms with van der Waals surface area (Å²) in [6.45, 7) is 1.66.